The summed E-state index contributed by atoms with van der Waals surface area (Å²) in [7, 11) is 0. The van der Waals surface area contributed by atoms with Crippen LogP contribution >= 0.6 is 15.9 Å². The first-order chi connectivity index (χ1) is 8.06. The molecule has 1 aromatic heterocycles. The quantitative estimate of drug-likeness (QED) is 0.812. The van der Waals surface area contributed by atoms with Crippen molar-refractivity contribution in [1.29, 1.82) is 5.26 Å². The van der Waals surface area contributed by atoms with Gasteiger partial charge in [0.2, 0.25) is 5.91 Å². The van der Waals surface area contributed by atoms with Crippen molar-refractivity contribution >= 4 is 21.8 Å². The molecule has 0 spiro atoms. The average molecular weight is 299 g/mol. The van der Waals surface area contributed by atoms with Crippen LogP contribution in [0.15, 0.2) is 15.5 Å². The van der Waals surface area contributed by atoms with E-state index < -0.39 is 0 Å². The molecule has 1 aromatic rings. The Morgan fingerprint density at radius 2 is 2.41 bits per heavy atom. The number of halogens is 1. The van der Waals surface area contributed by atoms with E-state index in [9.17, 15) is 9.59 Å². The summed E-state index contributed by atoms with van der Waals surface area (Å²) in [5.41, 5.74) is -0.298. The van der Waals surface area contributed by atoms with Gasteiger partial charge in [-0.25, -0.2) is 4.98 Å². The molecule has 7 heteroatoms. The van der Waals surface area contributed by atoms with Crippen LogP contribution in [0.4, 0.5) is 0 Å². The summed E-state index contributed by atoms with van der Waals surface area (Å²) in [5.74, 6) is 0.152. The van der Waals surface area contributed by atoms with Gasteiger partial charge in [0.1, 0.15) is 16.8 Å². The standard InChI is InChI=1S/C10H11BrN4O2/c1-7-14-5-8(11)10(17)15(7)6-9(16)13-4-2-3-12/h5H,2,4,6H2,1H3,(H,13,16). The summed E-state index contributed by atoms with van der Waals surface area (Å²) in [6.45, 7) is 1.84. The van der Waals surface area contributed by atoms with E-state index in [-0.39, 0.29) is 31.0 Å². The lowest BCUT2D eigenvalue weighted by atomic mass is 10.4. The number of aromatic nitrogens is 2. The van der Waals surface area contributed by atoms with Crippen LogP contribution in [0.25, 0.3) is 0 Å². The highest BCUT2D eigenvalue weighted by atomic mass is 79.9. The van der Waals surface area contributed by atoms with Gasteiger partial charge in [-0.15, -0.1) is 0 Å². The average Bonchev–Trinajstić information content (AvgIpc) is 2.30. The third-order valence-electron chi connectivity index (χ3n) is 2.07. The summed E-state index contributed by atoms with van der Waals surface area (Å²) in [6, 6.07) is 1.92. The fourth-order valence-corrected chi connectivity index (χ4v) is 1.51. The molecule has 1 N–H and O–H groups in total. The number of nitriles is 1. The summed E-state index contributed by atoms with van der Waals surface area (Å²) in [4.78, 5) is 27.2. The molecule has 0 saturated carbocycles. The van der Waals surface area contributed by atoms with Gasteiger partial charge in [0.25, 0.3) is 5.56 Å². The zero-order valence-electron chi connectivity index (χ0n) is 9.23. The van der Waals surface area contributed by atoms with E-state index in [0.29, 0.717) is 10.3 Å². The van der Waals surface area contributed by atoms with Crippen LogP contribution in [-0.2, 0) is 11.3 Å². The minimum Gasteiger partial charge on any atom is -0.354 e. The fraction of sp³-hybridized carbons (Fsp3) is 0.400. The van der Waals surface area contributed by atoms with E-state index in [1.807, 2.05) is 6.07 Å². The van der Waals surface area contributed by atoms with E-state index in [1.54, 1.807) is 6.92 Å². The van der Waals surface area contributed by atoms with E-state index in [2.05, 4.69) is 26.2 Å². The van der Waals surface area contributed by atoms with Crippen LogP contribution < -0.4 is 10.9 Å². The molecule has 0 aliphatic heterocycles. The number of carbonyl (C=O) groups is 1. The predicted octanol–water partition coefficient (Wildman–Crippen LogP) is 0.344. The van der Waals surface area contributed by atoms with E-state index in [0.717, 1.165) is 0 Å². The van der Waals surface area contributed by atoms with Gasteiger partial charge in [-0.3, -0.25) is 14.2 Å². The molecule has 0 unspecified atom stereocenters. The topological polar surface area (TPSA) is 87.8 Å². The monoisotopic (exact) mass is 298 g/mol. The normalized spacial score (nSPS) is 9.71. The number of hydrogen-bond donors (Lipinski definition) is 1. The van der Waals surface area contributed by atoms with Gasteiger partial charge in [-0.05, 0) is 22.9 Å². The third kappa shape index (κ3) is 3.67. The molecule has 90 valence electrons. The molecule has 1 rings (SSSR count). The SMILES string of the molecule is Cc1ncc(Br)c(=O)n1CC(=O)NCCC#N. The molecule has 0 bridgehead atoms. The third-order valence-corrected chi connectivity index (χ3v) is 2.61. The first-order valence-corrected chi connectivity index (χ1v) is 5.71. The van der Waals surface area contributed by atoms with Gasteiger partial charge < -0.3 is 5.32 Å². The molecule has 1 heterocycles. The summed E-state index contributed by atoms with van der Waals surface area (Å²) >= 11 is 3.06. The number of nitrogens with zero attached hydrogens (tertiary/aromatic N) is 3. The smallest absolute Gasteiger partial charge is 0.268 e. The van der Waals surface area contributed by atoms with Crippen molar-refractivity contribution in [3.8, 4) is 6.07 Å². The van der Waals surface area contributed by atoms with Crippen molar-refractivity contribution in [1.82, 2.24) is 14.9 Å². The lowest BCUT2D eigenvalue weighted by Gasteiger charge is -2.09. The van der Waals surface area contributed by atoms with Crippen LogP contribution in [0, 0.1) is 18.3 Å². The molecule has 0 aliphatic carbocycles. The van der Waals surface area contributed by atoms with E-state index in [4.69, 9.17) is 5.26 Å². The molecule has 0 aromatic carbocycles. The Balaban J connectivity index is 2.76. The van der Waals surface area contributed by atoms with Crippen molar-refractivity contribution in [2.24, 2.45) is 0 Å². The van der Waals surface area contributed by atoms with Gasteiger partial charge in [0, 0.05) is 12.7 Å². The van der Waals surface area contributed by atoms with Gasteiger partial charge in [-0.1, -0.05) is 0 Å². The van der Waals surface area contributed by atoms with Gasteiger partial charge in [-0.2, -0.15) is 5.26 Å². The van der Waals surface area contributed by atoms with E-state index >= 15 is 0 Å². The second-order valence-corrected chi connectivity index (χ2v) is 4.16. The fourth-order valence-electron chi connectivity index (χ4n) is 1.19. The maximum absolute atomic E-state index is 11.7. The van der Waals surface area contributed by atoms with Crippen LogP contribution in [-0.4, -0.2) is 22.0 Å². The Bertz CT molecular complexity index is 518. The number of nitrogens with one attached hydrogen (secondary N) is 1. The second kappa shape index (κ2) is 6.15. The molecule has 0 aliphatic rings. The molecule has 0 radical (unpaired) electrons. The Morgan fingerprint density at radius 3 is 3.06 bits per heavy atom. The highest BCUT2D eigenvalue weighted by molar-refractivity contribution is 9.10. The van der Waals surface area contributed by atoms with Crippen LogP contribution in [0.1, 0.15) is 12.2 Å². The zero-order chi connectivity index (χ0) is 12.8. The molecule has 1 amide bonds. The summed E-state index contributed by atoms with van der Waals surface area (Å²) in [5, 5.41) is 10.9. The second-order valence-electron chi connectivity index (χ2n) is 3.30. The zero-order valence-corrected chi connectivity index (χ0v) is 10.8. The minimum atomic E-state index is -0.314. The molecular weight excluding hydrogens is 288 g/mol. The Kier molecular flexibility index (Phi) is 4.84. The van der Waals surface area contributed by atoms with E-state index in [1.165, 1.54) is 10.8 Å². The number of aryl methyl sites for hydroxylation is 1. The minimum absolute atomic E-state index is 0.0947. The van der Waals surface area contributed by atoms with Crippen molar-refractivity contribution in [2.75, 3.05) is 6.54 Å². The predicted molar refractivity (Wildman–Crippen MR) is 64.2 cm³/mol. The van der Waals surface area contributed by atoms with Gasteiger partial charge >= 0.3 is 0 Å². The maximum atomic E-state index is 11.7. The highest BCUT2D eigenvalue weighted by Gasteiger charge is 2.09. The first-order valence-electron chi connectivity index (χ1n) is 4.92. The molecule has 0 saturated heterocycles. The lowest BCUT2D eigenvalue weighted by molar-refractivity contribution is -0.121. The maximum Gasteiger partial charge on any atom is 0.268 e. The molecule has 0 fully saturated rings. The molecule has 6 nitrogen and oxygen atoms in total. The van der Waals surface area contributed by atoms with Crippen LogP contribution in [0.3, 0.4) is 0 Å². The number of hydrogen-bond acceptors (Lipinski definition) is 4. The Hall–Kier alpha value is -1.68. The van der Waals surface area contributed by atoms with Crippen molar-refractivity contribution in [3.05, 3.63) is 26.8 Å². The molecule has 17 heavy (non-hydrogen) atoms. The van der Waals surface area contributed by atoms with Crippen molar-refractivity contribution in [3.63, 3.8) is 0 Å². The molecule has 0 atom stereocenters. The Labute approximate surface area is 106 Å². The van der Waals surface area contributed by atoms with Crippen LogP contribution in [0.5, 0.6) is 0 Å². The Morgan fingerprint density at radius 1 is 1.71 bits per heavy atom. The van der Waals surface area contributed by atoms with Crippen molar-refractivity contribution in [2.45, 2.75) is 19.9 Å². The largest absolute Gasteiger partial charge is 0.354 e. The number of rotatable bonds is 4. The summed E-state index contributed by atoms with van der Waals surface area (Å²) < 4.78 is 1.58. The summed E-state index contributed by atoms with van der Waals surface area (Å²) in [6.07, 6.45) is 1.65. The van der Waals surface area contributed by atoms with Gasteiger partial charge in [0.15, 0.2) is 0 Å². The molecular formula is C10H11BrN4O2. The highest BCUT2D eigenvalue weighted by Crippen LogP contribution is 2.01. The van der Waals surface area contributed by atoms with Crippen LogP contribution in [0.2, 0.25) is 0 Å². The lowest BCUT2D eigenvalue weighted by Crippen LogP contribution is -2.34. The number of amides is 1. The van der Waals surface area contributed by atoms with Crippen molar-refractivity contribution < 1.29 is 4.79 Å². The van der Waals surface area contributed by atoms with Gasteiger partial charge in [0.05, 0.1) is 12.5 Å². The number of carbonyl (C=O) groups excluding carboxylic acids is 1. The first kappa shape index (κ1) is 13.4.